The molecule has 2 saturated carbocycles. The molecule has 2 fully saturated rings. The van der Waals surface area contributed by atoms with Gasteiger partial charge in [0.15, 0.2) is 0 Å². The molecule has 0 aliphatic heterocycles. The van der Waals surface area contributed by atoms with Crippen LogP contribution in [0.5, 0.6) is 0 Å². The Balaban J connectivity index is 2.05. The van der Waals surface area contributed by atoms with Gasteiger partial charge in [0.25, 0.3) is 5.92 Å². The van der Waals surface area contributed by atoms with Gasteiger partial charge in [-0.3, -0.25) is 0 Å². The van der Waals surface area contributed by atoms with Gasteiger partial charge in [-0.1, -0.05) is 20.3 Å². The largest absolute Gasteiger partial charge is 0.393 e. The van der Waals surface area contributed by atoms with E-state index >= 15 is 0 Å². The van der Waals surface area contributed by atoms with E-state index in [1.165, 1.54) is 13.8 Å². The lowest BCUT2D eigenvalue weighted by atomic mass is 9.61. The Labute approximate surface area is 133 Å². The quantitative estimate of drug-likeness (QED) is 0.789. The van der Waals surface area contributed by atoms with Gasteiger partial charge in [0.05, 0.1) is 11.7 Å². The van der Waals surface area contributed by atoms with E-state index in [2.05, 4.69) is 6.92 Å². The number of halogens is 2. The summed E-state index contributed by atoms with van der Waals surface area (Å²) in [5.41, 5.74) is -1.34. The molecular weight excluding hydrogens is 286 g/mol. The Kier molecular flexibility index (Phi) is 4.95. The first-order valence-electron chi connectivity index (χ1n) is 8.73. The molecule has 1 unspecified atom stereocenters. The van der Waals surface area contributed by atoms with Gasteiger partial charge in [-0.25, -0.2) is 8.78 Å². The molecule has 0 amide bonds. The summed E-state index contributed by atoms with van der Waals surface area (Å²) in [6.07, 6.45) is 3.89. The minimum atomic E-state index is -2.83. The van der Waals surface area contributed by atoms with Crippen molar-refractivity contribution in [3.05, 3.63) is 0 Å². The number of fused-ring (bicyclic) bond motifs is 1. The normalized spacial score (nSPS) is 37.9. The van der Waals surface area contributed by atoms with Crippen LogP contribution in [-0.4, -0.2) is 27.8 Å². The minimum Gasteiger partial charge on any atom is -0.393 e. The minimum absolute atomic E-state index is 0.00188. The number of hydrogen-bond acceptors (Lipinski definition) is 2. The summed E-state index contributed by atoms with van der Waals surface area (Å²) < 4.78 is 28.5. The molecular formula is C18H32F2O2. The summed E-state index contributed by atoms with van der Waals surface area (Å²) in [4.78, 5) is 0. The van der Waals surface area contributed by atoms with Gasteiger partial charge >= 0.3 is 0 Å². The van der Waals surface area contributed by atoms with Crippen molar-refractivity contribution in [3.63, 3.8) is 0 Å². The monoisotopic (exact) mass is 318 g/mol. The Morgan fingerprint density at radius 3 is 2.45 bits per heavy atom. The average molecular weight is 318 g/mol. The third kappa shape index (κ3) is 3.81. The van der Waals surface area contributed by atoms with E-state index in [1.54, 1.807) is 0 Å². The van der Waals surface area contributed by atoms with Crippen molar-refractivity contribution in [1.29, 1.82) is 0 Å². The highest BCUT2D eigenvalue weighted by Crippen LogP contribution is 2.58. The van der Waals surface area contributed by atoms with Crippen molar-refractivity contribution < 1.29 is 19.0 Å². The molecule has 130 valence electrons. The summed E-state index contributed by atoms with van der Waals surface area (Å²) in [7, 11) is 0. The van der Waals surface area contributed by atoms with Crippen molar-refractivity contribution in [2.45, 2.75) is 90.3 Å². The zero-order valence-electron chi connectivity index (χ0n) is 14.4. The number of aliphatic hydroxyl groups is 2. The number of hydrogen-bond donors (Lipinski definition) is 2. The summed E-state index contributed by atoms with van der Waals surface area (Å²) >= 11 is 0. The second-order valence-corrected chi connectivity index (χ2v) is 8.78. The molecule has 0 aromatic rings. The van der Waals surface area contributed by atoms with E-state index in [9.17, 15) is 19.0 Å². The van der Waals surface area contributed by atoms with E-state index in [0.717, 1.165) is 32.1 Å². The Morgan fingerprint density at radius 1 is 1.23 bits per heavy atom. The fourth-order valence-electron chi connectivity index (χ4n) is 5.44. The highest BCUT2D eigenvalue weighted by atomic mass is 19.3. The zero-order chi connectivity index (χ0) is 16.8. The number of rotatable bonds is 5. The Morgan fingerprint density at radius 2 is 1.86 bits per heavy atom. The standard InChI is InChI=1S/C18H32F2O2/c1-12(10-18(19,20)11-16(2,3)22)13-7-8-14-15(21)6-5-9-17(13,14)4/h12-15,21-22H,5-11H2,1-4H3/t12?,13-,14+,15+,17-/m1/s1. The SMILES string of the molecule is CC(CC(F)(F)CC(C)(C)O)[C@H]1CC[C@H]2[C@@H](O)CCC[C@]12C. The fourth-order valence-corrected chi connectivity index (χ4v) is 5.44. The molecule has 2 nitrogen and oxygen atoms in total. The molecule has 2 aliphatic carbocycles. The van der Waals surface area contributed by atoms with E-state index in [0.29, 0.717) is 0 Å². The van der Waals surface area contributed by atoms with Gasteiger partial charge in [0.2, 0.25) is 0 Å². The maximum Gasteiger partial charge on any atom is 0.251 e. The second kappa shape index (κ2) is 6.01. The van der Waals surface area contributed by atoms with Crippen LogP contribution in [0.4, 0.5) is 8.78 Å². The molecule has 0 saturated heterocycles. The van der Waals surface area contributed by atoms with E-state index < -0.39 is 17.9 Å². The number of alkyl halides is 2. The average Bonchev–Trinajstić information content (AvgIpc) is 2.63. The molecule has 0 heterocycles. The predicted molar refractivity (Wildman–Crippen MR) is 83.8 cm³/mol. The van der Waals surface area contributed by atoms with Crippen LogP contribution >= 0.6 is 0 Å². The third-order valence-corrected chi connectivity index (χ3v) is 6.16. The van der Waals surface area contributed by atoms with Crippen LogP contribution in [0, 0.1) is 23.2 Å². The predicted octanol–water partition coefficient (Wildman–Crippen LogP) is 4.39. The molecule has 5 atom stereocenters. The molecule has 2 rings (SSSR count). The highest BCUT2D eigenvalue weighted by Gasteiger charge is 2.53. The van der Waals surface area contributed by atoms with Crippen LogP contribution in [0.25, 0.3) is 0 Å². The summed E-state index contributed by atoms with van der Waals surface area (Å²) in [5, 5.41) is 19.9. The van der Waals surface area contributed by atoms with Gasteiger partial charge in [-0.05, 0) is 62.7 Å². The Bertz CT molecular complexity index is 391. The van der Waals surface area contributed by atoms with Gasteiger partial charge in [-0.2, -0.15) is 0 Å². The smallest absolute Gasteiger partial charge is 0.251 e. The molecule has 2 N–H and O–H groups in total. The number of aliphatic hydroxyl groups excluding tert-OH is 1. The maximum atomic E-state index is 14.2. The topological polar surface area (TPSA) is 40.5 Å². The second-order valence-electron chi connectivity index (χ2n) is 8.78. The van der Waals surface area contributed by atoms with E-state index in [1.807, 2.05) is 6.92 Å². The van der Waals surface area contributed by atoms with Gasteiger partial charge in [-0.15, -0.1) is 0 Å². The van der Waals surface area contributed by atoms with Crippen LogP contribution in [0.2, 0.25) is 0 Å². The fraction of sp³-hybridized carbons (Fsp3) is 1.00. The zero-order valence-corrected chi connectivity index (χ0v) is 14.4. The molecule has 0 radical (unpaired) electrons. The lowest BCUT2D eigenvalue weighted by molar-refractivity contribution is -0.0986. The van der Waals surface area contributed by atoms with Crippen molar-refractivity contribution in [1.82, 2.24) is 0 Å². The van der Waals surface area contributed by atoms with E-state index in [4.69, 9.17) is 0 Å². The molecule has 0 bridgehead atoms. The maximum absolute atomic E-state index is 14.2. The van der Waals surface area contributed by atoms with Crippen LogP contribution in [0.15, 0.2) is 0 Å². The highest BCUT2D eigenvalue weighted by molar-refractivity contribution is 5.02. The van der Waals surface area contributed by atoms with Gasteiger partial charge in [0, 0.05) is 12.8 Å². The van der Waals surface area contributed by atoms with Crippen LogP contribution in [0.3, 0.4) is 0 Å². The van der Waals surface area contributed by atoms with Crippen LogP contribution in [0.1, 0.15) is 72.6 Å². The van der Waals surface area contributed by atoms with Crippen molar-refractivity contribution in [2.75, 3.05) is 0 Å². The molecule has 2 aliphatic rings. The molecule has 0 aromatic heterocycles. The first kappa shape index (κ1) is 18.1. The van der Waals surface area contributed by atoms with Gasteiger partial charge < -0.3 is 10.2 Å². The summed E-state index contributed by atoms with van der Waals surface area (Å²) in [6, 6.07) is 0. The van der Waals surface area contributed by atoms with Crippen molar-refractivity contribution in [3.8, 4) is 0 Å². The van der Waals surface area contributed by atoms with Gasteiger partial charge in [0.1, 0.15) is 0 Å². The first-order chi connectivity index (χ1) is 9.95. The third-order valence-electron chi connectivity index (χ3n) is 6.16. The Hall–Kier alpha value is -0.220. The van der Waals surface area contributed by atoms with E-state index in [-0.39, 0.29) is 35.7 Å². The molecule has 4 heteroatoms. The summed E-state index contributed by atoms with van der Waals surface area (Å²) in [5.74, 6) is -2.39. The molecule has 22 heavy (non-hydrogen) atoms. The molecule has 0 aromatic carbocycles. The van der Waals surface area contributed by atoms with Crippen molar-refractivity contribution in [2.24, 2.45) is 23.2 Å². The summed E-state index contributed by atoms with van der Waals surface area (Å²) in [6.45, 7) is 7.01. The lowest BCUT2D eigenvalue weighted by Gasteiger charge is -2.45. The lowest BCUT2D eigenvalue weighted by Crippen LogP contribution is -2.42. The first-order valence-corrected chi connectivity index (χ1v) is 8.73. The van der Waals surface area contributed by atoms with Crippen molar-refractivity contribution >= 4 is 0 Å². The molecule has 0 spiro atoms. The van der Waals surface area contributed by atoms with Crippen LogP contribution < -0.4 is 0 Å². The van der Waals surface area contributed by atoms with Crippen LogP contribution in [-0.2, 0) is 0 Å².